The van der Waals surface area contributed by atoms with Crippen molar-refractivity contribution in [2.24, 2.45) is 7.05 Å². The van der Waals surface area contributed by atoms with Gasteiger partial charge in [0.25, 0.3) is 5.91 Å². The van der Waals surface area contributed by atoms with E-state index in [0.29, 0.717) is 19.6 Å². The molecule has 0 unspecified atom stereocenters. The Morgan fingerprint density at radius 2 is 2.04 bits per heavy atom. The third-order valence-electron chi connectivity index (χ3n) is 4.24. The average molecular weight is 399 g/mol. The van der Waals surface area contributed by atoms with E-state index >= 15 is 0 Å². The number of sulfonamides is 1. The number of nitrogens with zero attached hydrogens (tertiary/aromatic N) is 1. The van der Waals surface area contributed by atoms with Gasteiger partial charge in [0.15, 0.2) is 11.6 Å². The minimum absolute atomic E-state index is 0.0448. The molecule has 7 nitrogen and oxygen atoms in total. The first-order chi connectivity index (χ1) is 12.7. The molecule has 0 aliphatic carbocycles. The molecule has 10 heteroatoms. The minimum atomic E-state index is -3.81. The van der Waals surface area contributed by atoms with Crippen molar-refractivity contribution in [1.82, 2.24) is 9.29 Å². The third-order valence-corrected chi connectivity index (χ3v) is 5.73. The van der Waals surface area contributed by atoms with Gasteiger partial charge in [0.05, 0.1) is 6.61 Å². The molecule has 2 N–H and O–H groups in total. The topological polar surface area (TPSA) is 89.4 Å². The zero-order valence-electron chi connectivity index (χ0n) is 14.8. The number of amides is 1. The molecule has 2 heterocycles. The Morgan fingerprint density at radius 1 is 1.30 bits per heavy atom. The van der Waals surface area contributed by atoms with Crippen LogP contribution in [0.2, 0.25) is 0 Å². The van der Waals surface area contributed by atoms with E-state index in [4.69, 9.17) is 4.74 Å². The molecule has 0 bridgehead atoms. The lowest BCUT2D eigenvalue weighted by atomic mass is 10.2. The van der Waals surface area contributed by atoms with Crippen LogP contribution in [0, 0.1) is 18.6 Å². The molecule has 0 radical (unpaired) electrons. The maximum atomic E-state index is 13.5. The molecule has 146 valence electrons. The molecular weight excluding hydrogens is 380 g/mol. The number of ether oxygens (including phenoxy) is 1. The number of carbonyl (C=O) groups is 1. The van der Waals surface area contributed by atoms with Gasteiger partial charge >= 0.3 is 0 Å². The maximum Gasteiger partial charge on any atom is 0.272 e. The molecule has 1 aromatic heterocycles. The lowest BCUT2D eigenvalue weighted by Crippen LogP contribution is -2.34. The number of carbonyl (C=O) groups excluding carboxylic acids is 1. The van der Waals surface area contributed by atoms with Gasteiger partial charge in [-0.25, -0.2) is 21.9 Å². The van der Waals surface area contributed by atoms with Crippen molar-refractivity contribution in [2.75, 3.05) is 18.5 Å². The van der Waals surface area contributed by atoms with E-state index in [1.54, 1.807) is 0 Å². The first kappa shape index (κ1) is 19.5. The molecule has 1 aliphatic heterocycles. The Hall–Kier alpha value is -2.30. The summed E-state index contributed by atoms with van der Waals surface area (Å²) in [7, 11) is -2.29. The summed E-state index contributed by atoms with van der Waals surface area (Å²) in [4.78, 5) is 12.4. The summed E-state index contributed by atoms with van der Waals surface area (Å²) < 4.78 is 60.8. The highest BCUT2D eigenvalue weighted by atomic mass is 32.2. The second-order valence-electron chi connectivity index (χ2n) is 6.40. The van der Waals surface area contributed by atoms with Gasteiger partial charge < -0.3 is 14.6 Å². The fourth-order valence-electron chi connectivity index (χ4n) is 2.82. The zero-order chi connectivity index (χ0) is 19.8. The fraction of sp³-hybridized carbons (Fsp3) is 0.353. The molecule has 1 aromatic carbocycles. The quantitative estimate of drug-likeness (QED) is 0.804. The molecule has 1 aliphatic rings. The second kappa shape index (κ2) is 7.37. The van der Waals surface area contributed by atoms with E-state index in [0.717, 1.165) is 6.07 Å². The molecule has 1 atom stereocenters. The Labute approximate surface area is 155 Å². The Balaban J connectivity index is 1.80. The van der Waals surface area contributed by atoms with Crippen LogP contribution in [-0.2, 0) is 21.8 Å². The predicted octanol–water partition coefficient (Wildman–Crippen LogP) is 1.93. The zero-order valence-corrected chi connectivity index (χ0v) is 15.6. The summed E-state index contributed by atoms with van der Waals surface area (Å²) >= 11 is 0. The van der Waals surface area contributed by atoms with Crippen LogP contribution in [0.4, 0.5) is 14.5 Å². The molecular formula is C17H19F2N3O4S. The lowest BCUT2D eigenvalue weighted by Gasteiger charge is -2.09. The van der Waals surface area contributed by atoms with Crippen molar-refractivity contribution in [3.05, 3.63) is 47.3 Å². The Morgan fingerprint density at radius 3 is 2.67 bits per heavy atom. The number of benzene rings is 1. The molecule has 27 heavy (non-hydrogen) atoms. The van der Waals surface area contributed by atoms with E-state index in [2.05, 4.69) is 10.0 Å². The number of aromatic nitrogens is 1. The monoisotopic (exact) mass is 399 g/mol. The van der Waals surface area contributed by atoms with Crippen LogP contribution in [-0.4, -0.2) is 38.1 Å². The van der Waals surface area contributed by atoms with Crippen molar-refractivity contribution in [1.29, 1.82) is 0 Å². The maximum absolute atomic E-state index is 13.5. The molecule has 3 rings (SSSR count). The predicted molar refractivity (Wildman–Crippen MR) is 94.0 cm³/mol. The highest BCUT2D eigenvalue weighted by Crippen LogP contribution is 2.20. The van der Waals surface area contributed by atoms with Gasteiger partial charge in [-0.3, -0.25) is 4.79 Å². The number of aryl methyl sites for hydroxylation is 2. The number of hydrogen-bond acceptors (Lipinski definition) is 4. The van der Waals surface area contributed by atoms with Gasteiger partial charge in [-0.2, -0.15) is 0 Å². The molecule has 0 saturated carbocycles. The molecule has 0 spiro atoms. The van der Waals surface area contributed by atoms with Gasteiger partial charge in [-0.1, -0.05) is 0 Å². The lowest BCUT2D eigenvalue weighted by molar-refractivity contribution is 0.101. The summed E-state index contributed by atoms with van der Waals surface area (Å²) in [6.45, 7) is 2.16. The van der Waals surface area contributed by atoms with Crippen LogP contribution in [0.1, 0.15) is 22.5 Å². The standard InChI is InChI=1S/C17H19F2N3O4S/c1-10-5-12(6-14(18)16(10)19)20-17(23)15-7-13(8-22(15)2)27(24,25)21-11-3-4-26-9-11/h5-8,11,21H,3-4,9H2,1-2H3,(H,20,23)/t11-/m0/s1. The van der Waals surface area contributed by atoms with Crippen LogP contribution in [0.3, 0.4) is 0 Å². The van der Waals surface area contributed by atoms with E-state index in [-0.39, 0.29) is 27.9 Å². The van der Waals surface area contributed by atoms with Gasteiger partial charge in [0.2, 0.25) is 10.0 Å². The van der Waals surface area contributed by atoms with Crippen LogP contribution >= 0.6 is 0 Å². The molecule has 2 aromatic rings. The number of anilines is 1. The van der Waals surface area contributed by atoms with E-state index in [1.165, 1.54) is 36.9 Å². The van der Waals surface area contributed by atoms with Crippen molar-refractivity contribution < 1.29 is 26.7 Å². The smallest absolute Gasteiger partial charge is 0.272 e. The van der Waals surface area contributed by atoms with Gasteiger partial charge in [-0.05, 0) is 31.0 Å². The summed E-state index contributed by atoms with van der Waals surface area (Å²) in [6, 6.07) is 3.07. The number of rotatable bonds is 5. The van der Waals surface area contributed by atoms with E-state index in [9.17, 15) is 22.0 Å². The van der Waals surface area contributed by atoms with Gasteiger partial charge in [0, 0.05) is 37.6 Å². The highest BCUT2D eigenvalue weighted by molar-refractivity contribution is 7.89. The SMILES string of the molecule is Cc1cc(NC(=O)c2cc(S(=O)(=O)N[C@H]3CCOC3)cn2C)cc(F)c1F. The second-order valence-corrected chi connectivity index (χ2v) is 8.11. The van der Waals surface area contributed by atoms with Gasteiger partial charge in [-0.15, -0.1) is 0 Å². The minimum Gasteiger partial charge on any atom is -0.380 e. The van der Waals surface area contributed by atoms with Crippen LogP contribution in [0.25, 0.3) is 0 Å². The Bertz CT molecular complexity index is 959. The number of halogens is 2. The fourth-order valence-corrected chi connectivity index (χ4v) is 4.14. The number of nitrogens with one attached hydrogen (secondary N) is 2. The Kier molecular flexibility index (Phi) is 5.31. The molecule has 1 saturated heterocycles. The summed E-state index contributed by atoms with van der Waals surface area (Å²) in [6.07, 6.45) is 1.89. The van der Waals surface area contributed by atoms with Gasteiger partial charge in [0.1, 0.15) is 10.6 Å². The highest BCUT2D eigenvalue weighted by Gasteiger charge is 2.26. The first-order valence-electron chi connectivity index (χ1n) is 8.21. The summed E-state index contributed by atoms with van der Waals surface area (Å²) in [5.74, 6) is -2.71. The van der Waals surface area contributed by atoms with E-state index in [1.807, 2.05) is 0 Å². The van der Waals surface area contributed by atoms with Crippen molar-refractivity contribution in [3.63, 3.8) is 0 Å². The van der Waals surface area contributed by atoms with Crippen LogP contribution < -0.4 is 10.0 Å². The van der Waals surface area contributed by atoms with Crippen molar-refractivity contribution in [2.45, 2.75) is 24.3 Å². The first-order valence-corrected chi connectivity index (χ1v) is 9.69. The van der Waals surface area contributed by atoms with Crippen molar-refractivity contribution >= 4 is 21.6 Å². The van der Waals surface area contributed by atoms with Crippen LogP contribution in [0.15, 0.2) is 29.3 Å². The third kappa shape index (κ3) is 4.18. The summed E-state index contributed by atoms with van der Waals surface area (Å²) in [5.41, 5.74) is 0.173. The van der Waals surface area contributed by atoms with Crippen molar-refractivity contribution in [3.8, 4) is 0 Å². The average Bonchev–Trinajstić information content (AvgIpc) is 3.21. The largest absolute Gasteiger partial charge is 0.380 e. The molecule has 1 fully saturated rings. The normalized spacial score (nSPS) is 17.3. The summed E-state index contributed by atoms with van der Waals surface area (Å²) in [5, 5.41) is 2.44. The number of hydrogen-bond donors (Lipinski definition) is 2. The van der Waals surface area contributed by atoms with E-state index < -0.39 is 27.6 Å². The molecule has 1 amide bonds. The van der Waals surface area contributed by atoms with Crippen LogP contribution in [0.5, 0.6) is 0 Å².